The molecule has 2 aromatic carbocycles. The summed E-state index contributed by atoms with van der Waals surface area (Å²) in [6.07, 6.45) is 1.84. The number of rotatable bonds is 8. The Labute approximate surface area is 179 Å². The van der Waals surface area contributed by atoms with Gasteiger partial charge in [-0.2, -0.15) is 0 Å². The lowest BCUT2D eigenvalue weighted by Gasteiger charge is -2.23. The van der Waals surface area contributed by atoms with Crippen LogP contribution in [0.1, 0.15) is 55.5 Å². The molecule has 1 aliphatic rings. The molecule has 0 saturated heterocycles. The second kappa shape index (κ2) is 9.36. The lowest BCUT2D eigenvalue weighted by molar-refractivity contribution is -0.111. The van der Waals surface area contributed by atoms with E-state index >= 15 is 0 Å². The number of amides is 1. The van der Waals surface area contributed by atoms with E-state index in [1.165, 1.54) is 18.2 Å². The molecule has 8 nitrogen and oxygen atoms in total. The van der Waals surface area contributed by atoms with Gasteiger partial charge in [0.25, 0.3) is 0 Å². The topological polar surface area (TPSA) is 125 Å². The standard InChI is InChI=1S/C23H22N2O6/c1-3-9-30-10-11-31-23(29)15-12-16(25-17(26)4-2)18-19(20(15)24)22(28)14-8-6-5-7-13(14)21(18)27/h4-8,12H,2-3,9-11,24H2,1H3,(H,25,26). The van der Waals surface area contributed by atoms with Crippen LogP contribution in [0.2, 0.25) is 0 Å². The van der Waals surface area contributed by atoms with Crippen LogP contribution in [-0.2, 0) is 14.3 Å². The molecule has 3 rings (SSSR count). The van der Waals surface area contributed by atoms with Gasteiger partial charge in [-0.3, -0.25) is 14.4 Å². The van der Waals surface area contributed by atoms with Gasteiger partial charge in [0.05, 0.1) is 34.7 Å². The fraction of sp³-hybridized carbons (Fsp3) is 0.217. The van der Waals surface area contributed by atoms with Crippen LogP contribution in [0.4, 0.5) is 11.4 Å². The van der Waals surface area contributed by atoms with Crippen LogP contribution in [-0.4, -0.2) is 43.3 Å². The van der Waals surface area contributed by atoms with Gasteiger partial charge in [0.15, 0.2) is 11.6 Å². The number of carbonyl (C=O) groups excluding carboxylic acids is 4. The largest absolute Gasteiger partial charge is 0.460 e. The quantitative estimate of drug-likeness (QED) is 0.247. The molecule has 0 aromatic heterocycles. The van der Waals surface area contributed by atoms with Crippen LogP contribution < -0.4 is 11.1 Å². The number of nitrogens with one attached hydrogen (secondary N) is 1. The van der Waals surface area contributed by atoms with Gasteiger partial charge in [-0.25, -0.2) is 4.79 Å². The van der Waals surface area contributed by atoms with Crippen molar-refractivity contribution in [1.29, 1.82) is 0 Å². The van der Waals surface area contributed by atoms with Crippen LogP contribution >= 0.6 is 0 Å². The second-order valence-electron chi connectivity index (χ2n) is 6.78. The molecule has 0 aliphatic heterocycles. The Morgan fingerprint density at radius 2 is 1.71 bits per heavy atom. The summed E-state index contributed by atoms with van der Waals surface area (Å²) in [5, 5.41) is 2.49. The summed E-state index contributed by atoms with van der Waals surface area (Å²) in [4.78, 5) is 50.9. The van der Waals surface area contributed by atoms with Crippen molar-refractivity contribution in [3.05, 3.63) is 70.8 Å². The summed E-state index contributed by atoms with van der Waals surface area (Å²) in [5.74, 6) is -2.41. The third-order valence-electron chi connectivity index (χ3n) is 4.71. The highest BCUT2D eigenvalue weighted by Gasteiger charge is 2.36. The summed E-state index contributed by atoms with van der Waals surface area (Å²) in [5.41, 5.74) is 5.99. The van der Waals surface area contributed by atoms with Crippen molar-refractivity contribution >= 4 is 34.8 Å². The molecule has 0 heterocycles. The highest BCUT2D eigenvalue weighted by atomic mass is 16.6. The first-order chi connectivity index (χ1) is 14.9. The average molecular weight is 422 g/mol. The normalized spacial score (nSPS) is 12.0. The third-order valence-corrected chi connectivity index (χ3v) is 4.71. The molecule has 2 aromatic rings. The zero-order valence-electron chi connectivity index (χ0n) is 17.0. The summed E-state index contributed by atoms with van der Waals surface area (Å²) >= 11 is 0. The van der Waals surface area contributed by atoms with Gasteiger partial charge in [0, 0.05) is 17.7 Å². The SMILES string of the molecule is C=CC(=O)Nc1cc(C(=O)OCCOCCC)c(N)c2c1C(=O)c1ccccc1C2=O. The summed E-state index contributed by atoms with van der Waals surface area (Å²) in [6, 6.07) is 7.53. The predicted octanol–water partition coefficient (Wildman–Crippen LogP) is 2.75. The number of fused-ring (bicyclic) bond motifs is 2. The maximum atomic E-state index is 13.2. The first-order valence-corrected chi connectivity index (χ1v) is 9.73. The number of ether oxygens (including phenoxy) is 2. The van der Waals surface area contributed by atoms with E-state index in [9.17, 15) is 19.2 Å². The van der Waals surface area contributed by atoms with Gasteiger partial charge in [0.1, 0.15) is 6.61 Å². The van der Waals surface area contributed by atoms with E-state index < -0.39 is 23.4 Å². The first kappa shape index (κ1) is 21.9. The lowest BCUT2D eigenvalue weighted by atomic mass is 9.81. The van der Waals surface area contributed by atoms with Crippen molar-refractivity contribution in [2.75, 3.05) is 30.9 Å². The highest BCUT2D eigenvalue weighted by Crippen LogP contribution is 2.37. The Bertz CT molecular complexity index is 1090. The smallest absolute Gasteiger partial charge is 0.340 e. The number of hydrogen-bond donors (Lipinski definition) is 2. The van der Waals surface area contributed by atoms with Gasteiger partial charge in [-0.05, 0) is 18.6 Å². The number of nitrogens with two attached hydrogens (primary N) is 1. The average Bonchev–Trinajstić information content (AvgIpc) is 2.77. The van der Waals surface area contributed by atoms with E-state index in [1.54, 1.807) is 12.1 Å². The van der Waals surface area contributed by atoms with E-state index in [0.29, 0.717) is 6.61 Å². The van der Waals surface area contributed by atoms with E-state index in [4.69, 9.17) is 15.2 Å². The van der Waals surface area contributed by atoms with Crippen LogP contribution in [0.3, 0.4) is 0 Å². The van der Waals surface area contributed by atoms with E-state index in [0.717, 1.165) is 12.5 Å². The molecule has 1 aliphatic carbocycles. The number of hydrogen-bond acceptors (Lipinski definition) is 7. The van der Waals surface area contributed by atoms with Crippen molar-refractivity contribution < 1.29 is 28.7 Å². The van der Waals surface area contributed by atoms with Crippen molar-refractivity contribution in [2.45, 2.75) is 13.3 Å². The Morgan fingerprint density at radius 3 is 2.32 bits per heavy atom. The molecule has 0 unspecified atom stereocenters. The molecule has 31 heavy (non-hydrogen) atoms. The minimum absolute atomic E-state index is 0.0145. The Balaban J connectivity index is 2.07. The number of carbonyl (C=O) groups is 4. The van der Waals surface area contributed by atoms with E-state index in [-0.39, 0.29) is 52.4 Å². The number of esters is 1. The van der Waals surface area contributed by atoms with Crippen LogP contribution in [0.25, 0.3) is 0 Å². The van der Waals surface area contributed by atoms with Crippen molar-refractivity contribution in [3.63, 3.8) is 0 Å². The van der Waals surface area contributed by atoms with Crippen molar-refractivity contribution in [2.24, 2.45) is 0 Å². The molecular formula is C23H22N2O6. The molecule has 160 valence electrons. The number of benzene rings is 2. The minimum Gasteiger partial charge on any atom is -0.460 e. The number of anilines is 2. The summed E-state index contributed by atoms with van der Waals surface area (Å²) in [6.45, 7) is 6.06. The fourth-order valence-corrected chi connectivity index (χ4v) is 3.29. The zero-order chi connectivity index (χ0) is 22.5. The van der Waals surface area contributed by atoms with Gasteiger partial charge >= 0.3 is 5.97 Å². The molecule has 3 N–H and O–H groups in total. The molecule has 8 heteroatoms. The van der Waals surface area contributed by atoms with Crippen LogP contribution in [0.5, 0.6) is 0 Å². The zero-order valence-corrected chi connectivity index (χ0v) is 17.0. The fourth-order valence-electron chi connectivity index (χ4n) is 3.29. The second-order valence-corrected chi connectivity index (χ2v) is 6.78. The Hall–Kier alpha value is -3.78. The lowest BCUT2D eigenvalue weighted by Crippen LogP contribution is -2.26. The number of nitrogen functional groups attached to an aromatic ring is 1. The minimum atomic E-state index is -0.798. The van der Waals surface area contributed by atoms with Gasteiger partial charge in [0.2, 0.25) is 5.91 Å². The van der Waals surface area contributed by atoms with Gasteiger partial charge in [-0.1, -0.05) is 37.8 Å². The van der Waals surface area contributed by atoms with Crippen molar-refractivity contribution in [3.8, 4) is 0 Å². The summed E-state index contributed by atoms with van der Waals surface area (Å²) < 4.78 is 10.5. The van der Waals surface area contributed by atoms with Gasteiger partial charge < -0.3 is 20.5 Å². The third kappa shape index (κ3) is 4.24. The predicted molar refractivity (Wildman–Crippen MR) is 114 cm³/mol. The van der Waals surface area contributed by atoms with Crippen molar-refractivity contribution in [1.82, 2.24) is 0 Å². The first-order valence-electron chi connectivity index (χ1n) is 9.73. The van der Waals surface area contributed by atoms with Crippen LogP contribution in [0.15, 0.2) is 43.0 Å². The Kier molecular flexibility index (Phi) is 6.61. The maximum absolute atomic E-state index is 13.2. The number of ketones is 2. The van der Waals surface area contributed by atoms with E-state index in [1.807, 2.05) is 6.92 Å². The molecule has 0 spiro atoms. The molecule has 0 saturated carbocycles. The molecule has 0 atom stereocenters. The molecule has 0 bridgehead atoms. The summed E-state index contributed by atoms with van der Waals surface area (Å²) in [7, 11) is 0. The highest BCUT2D eigenvalue weighted by molar-refractivity contribution is 6.33. The van der Waals surface area contributed by atoms with E-state index in [2.05, 4.69) is 11.9 Å². The van der Waals surface area contributed by atoms with Crippen LogP contribution in [0, 0.1) is 0 Å². The Morgan fingerprint density at radius 1 is 1.06 bits per heavy atom. The maximum Gasteiger partial charge on any atom is 0.340 e. The molecule has 1 amide bonds. The van der Waals surface area contributed by atoms with Gasteiger partial charge in [-0.15, -0.1) is 0 Å². The monoisotopic (exact) mass is 422 g/mol. The molecular weight excluding hydrogens is 400 g/mol. The molecule has 0 fully saturated rings. The molecule has 0 radical (unpaired) electrons.